The van der Waals surface area contributed by atoms with E-state index in [1.165, 1.54) is 16.0 Å². The van der Waals surface area contributed by atoms with Crippen LogP contribution in [0.1, 0.15) is 44.4 Å². The van der Waals surface area contributed by atoms with Gasteiger partial charge in [0.05, 0.1) is 32.1 Å². The zero-order valence-electron chi connectivity index (χ0n) is 23.2. The number of hydrogen-bond acceptors (Lipinski definition) is 6. The van der Waals surface area contributed by atoms with E-state index in [4.69, 9.17) is 9.47 Å². The Morgan fingerprint density at radius 2 is 1.82 bits per heavy atom. The van der Waals surface area contributed by atoms with E-state index >= 15 is 0 Å². The molecule has 210 valence electrons. The lowest BCUT2D eigenvalue weighted by molar-refractivity contribution is -0.133. The number of nitrogens with zero attached hydrogens (tertiary/aromatic N) is 4. The molecule has 1 saturated heterocycles. The van der Waals surface area contributed by atoms with Crippen molar-refractivity contribution in [1.82, 2.24) is 20.1 Å². The van der Waals surface area contributed by atoms with E-state index in [1.54, 1.807) is 25.3 Å². The molecule has 2 aliphatic heterocycles. The number of morpholine rings is 1. The molecule has 0 spiro atoms. The highest BCUT2D eigenvalue weighted by molar-refractivity contribution is 6.03. The molecule has 0 radical (unpaired) electrons. The molecule has 4 rings (SSSR count). The van der Waals surface area contributed by atoms with Crippen LogP contribution in [0.25, 0.3) is 0 Å². The van der Waals surface area contributed by atoms with Gasteiger partial charge in [0.1, 0.15) is 18.1 Å². The summed E-state index contributed by atoms with van der Waals surface area (Å²) in [5.41, 5.74) is 1.11. The summed E-state index contributed by atoms with van der Waals surface area (Å²) in [6, 6.07) is 13.0. The van der Waals surface area contributed by atoms with Gasteiger partial charge >= 0.3 is 6.03 Å². The molecule has 9 nitrogen and oxygen atoms in total. The Kier molecular flexibility index (Phi) is 9.19. The number of amides is 3. The number of para-hydroxylation sites is 1. The van der Waals surface area contributed by atoms with Crippen molar-refractivity contribution >= 4 is 17.6 Å². The third-order valence-corrected chi connectivity index (χ3v) is 6.73. The molecule has 3 amide bonds. The average Bonchev–Trinajstić information content (AvgIpc) is 3.36. The second kappa shape index (κ2) is 12.6. The summed E-state index contributed by atoms with van der Waals surface area (Å²) in [7, 11) is 1.57. The van der Waals surface area contributed by atoms with Crippen LogP contribution in [0.3, 0.4) is 0 Å². The average molecular weight is 540 g/mol. The Balaban J connectivity index is 1.61. The van der Waals surface area contributed by atoms with E-state index in [-0.39, 0.29) is 18.5 Å². The minimum atomic E-state index is -0.505. The van der Waals surface area contributed by atoms with E-state index in [0.717, 1.165) is 18.7 Å². The van der Waals surface area contributed by atoms with Crippen LogP contribution in [0, 0.1) is 5.82 Å². The van der Waals surface area contributed by atoms with Crippen LogP contribution in [0.4, 0.5) is 9.18 Å². The SMILES string of the molecule is COc1ccccc1[C@@H]1CC(c2ccccc2F)=NN1C(=O)CN(CCN1CCOCC1)C(=O)NC(C)(C)C. The van der Waals surface area contributed by atoms with Crippen LogP contribution < -0.4 is 10.1 Å². The van der Waals surface area contributed by atoms with Gasteiger partial charge in [0.15, 0.2) is 0 Å². The van der Waals surface area contributed by atoms with Crippen molar-refractivity contribution in [2.24, 2.45) is 5.10 Å². The number of benzene rings is 2. The lowest BCUT2D eigenvalue weighted by Crippen LogP contribution is -2.53. The molecular formula is C29H38FN5O4. The second-order valence-corrected chi connectivity index (χ2v) is 10.8. The first-order valence-corrected chi connectivity index (χ1v) is 13.3. The van der Waals surface area contributed by atoms with Crippen LogP contribution in [-0.4, -0.2) is 91.0 Å². The monoisotopic (exact) mass is 539 g/mol. The number of rotatable bonds is 8. The van der Waals surface area contributed by atoms with Crippen molar-refractivity contribution in [2.45, 2.75) is 38.8 Å². The fraction of sp³-hybridized carbons (Fsp3) is 0.483. The Labute approximate surface area is 229 Å². The fourth-order valence-electron chi connectivity index (χ4n) is 4.76. The van der Waals surface area contributed by atoms with Gasteiger partial charge in [-0.1, -0.05) is 36.4 Å². The Morgan fingerprint density at radius 3 is 2.51 bits per heavy atom. The van der Waals surface area contributed by atoms with Crippen LogP contribution >= 0.6 is 0 Å². The number of halogens is 1. The lowest BCUT2D eigenvalue weighted by Gasteiger charge is -2.33. The Hall–Kier alpha value is -3.50. The Bertz CT molecular complexity index is 1190. The molecule has 10 heteroatoms. The first kappa shape index (κ1) is 28.5. The third kappa shape index (κ3) is 7.33. The topological polar surface area (TPSA) is 86.7 Å². The van der Waals surface area contributed by atoms with Crippen LogP contribution in [0.2, 0.25) is 0 Å². The van der Waals surface area contributed by atoms with E-state index in [9.17, 15) is 14.0 Å². The first-order chi connectivity index (χ1) is 18.7. The molecule has 39 heavy (non-hydrogen) atoms. The van der Waals surface area contributed by atoms with Crippen molar-refractivity contribution in [1.29, 1.82) is 0 Å². The Morgan fingerprint density at radius 1 is 1.13 bits per heavy atom. The summed E-state index contributed by atoms with van der Waals surface area (Å²) in [6.07, 6.45) is 0.314. The van der Waals surface area contributed by atoms with Crippen LogP contribution in [-0.2, 0) is 9.53 Å². The molecule has 2 aliphatic rings. The first-order valence-electron chi connectivity index (χ1n) is 13.3. The van der Waals surface area contributed by atoms with Crippen molar-refractivity contribution in [2.75, 3.05) is 53.0 Å². The smallest absolute Gasteiger partial charge is 0.318 e. The third-order valence-electron chi connectivity index (χ3n) is 6.73. The molecule has 2 aromatic carbocycles. The van der Waals surface area contributed by atoms with Crippen LogP contribution in [0.15, 0.2) is 53.6 Å². The highest BCUT2D eigenvalue weighted by Crippen LogP contribution is 2.37. The number of urea groups is 1. The highest BCUT2D eigenvalue weighted by atomic mass is 19.1. The van der Waals surface area contributed by atoms with E-state index in [2.05, 4.69) is 15.3 Å². The maximum absolute atomic E-state index is 14.7. The predicted octanol–water partition coefficient (Wildman–Crippen LogP) is 3.65. The van der Waals surface area contributed by atoms with Gasteiger partial charge in [-0.15, -0.1) is 0 Å². The molecular weight excluding hydrogens is 501 g/mol. The minimum Gasteiger partial charge on any atom is -0.496 e. The summed E-state index contributed by atoms with van der Waals surface area (Å²) in [6.45, 7) is 9.36. The quantitative estimate of drug-likeness (QED) is 0.554. The number of hydrazone groups is 1. The van der Waals surface area contributed by atoms with E-state index in [1.807, 2.05) is 45.0 Å². The molecule has 2 aromatic rings. The van der Waals surface area contributed by atoms with Gasteiger partial charge in [-0.25, -0.2) is 14.2 Å². The molecule has 0 aliphatic carbocycles. The second-order valence-electron chi connectivity index (χ2n) is 10.8. The van der Waals surface area contributed by atoms with E-state index in [0.29, 0.717) is 49.7 Å². The minimum absolute atomic E-state index is 0.175. The standard InChI is InChI=1S/C29H38FN5O4/c1-29(2,3)31-28(37)34(14-13-33-15-17-39-18-16-33)20-27(36)35-25(22-10-6-8-12-26(22)38-4)19-24(32-35)21-9-5-7-11-23(21)30/h5-12,25H,13-20H2,1-4H3,(H,31,37)/t25-/m0/s1. The molecule has 0 unspecified atom stereocenters. The molecule has 0 saturated carbocycles. The highest BCUT2D eigenvalue weighted by Gasteiger charge is 2.36. The number of methoxy groups -OCH3 is 1. The fourth-order valence-corrected chi connectivity index (χ4v) is 4.76. The van der Waals surface area contributed by atoms with Gasteiger partial charge < -0.3 is 19.7 Å². The van der Waals surface area contributed by atoms with Crippen molar-refractivity contribution in [3.63, 3.8) is 0 Å². The summed E-state index contributed by atoms with van der Waals surface area (Å²) < 4.78 is 25.7. The molecule has 1 fully saturated rings. The van der Waals surface area contributed by atoms with Gasteiger partial charge in [0.2, 0.25) is 0 Å². The number of carbonyl (C=O) groups is 2. The number of carbonyl (C=O) groups excluding carboxylic acids is 2. The zero-order valence-corrected chi connectivity index (χ0v) is 23.2. The maximum atomic E-state index is 14.7. The summed E-state index contributed by atoms with van der Waals surface area (Å²) in [4.78, 5) is 30.9. The zero-order chi connectivity index (χ0) is 28.0. The predicted molar refractivity (Wildman–Crippen MR) is 147 cm³/mol. The summed E-state index contributed by atoms with van der Waals surface area (Å²) in [5, 5.41) is 8.96. The van der Waals surface area contributed by atoms with Gasteiger partial charge in [-0.2, -0.15) is 5.10 Å². The largest absolute Gasteiger partial charge is 0.496 e. The van der Waals surface area contributed by atoms with Gasteiger partial charge in [0.25, 0.3) is 5.91 Å². The molecule has 0 aromatic heterocycles. The maximum Gasteiger partial charge on any atom is 0.318 e. The normalized spacial score (nSPS) is 18.0. The summed E-state index contributed by atoms with van der Waals surface area (Å²) in [5.74, 6) is -0.149. The van der Waals surface area contributed by atoms with E-state index < -0.39 is 17.4 Å². The number of ether oxygens (including phenoxy) is 2. The lowest BCUT2D eigenvalue weighted by atomic mass is 9.97. The van der Waals surface area contributed by atoms with Gasteiger partial charge in [-0.05, 0) is 32.9 Å². The van der Waals surface area contributed by atoms with Gasteiger partial charge in [-0.3, -0.25) is 9.69 Å². The molecule has 2 heterocycles. The van der Waals surface area contributed by atoms with Crippen molar-refractivity contribution < 1.29 is 23.5 Å². The molecule has 1 N–H and O–H groups in total. The number of nitrogens with one attached hydrogen (secondary N) is 1. The molecule has 1 atom stereocenters. The van der Waals surface area contributed by atoms with Gasteiger partial charge in [0, 0.05) is 49.3 Å². The van der Waals surface area contributed by atoms with Crippen molar-refractivity contribution in [3.8, 4) is 5.75 Å². The van der Waals surface area contributed by atoms with Crippen molar-refractivity contribution in [3.05, 3.63) is 65.5 Å². The molecule has 0 bridgehead atoms. The number of hydrogen-bond donors (Lipinski definition) is 1. The summed E-state index contributed by atoms with van der Waals surface area (Å²) >= 11 is 0. The van der Waals surface area contributed by atoms with Crippen LogP contribution in [0.5, 0.6) is 5.75 Å².